The molecule has 1 aliphatic rings. The Bertz CT molecular complexity index is 357. The highest BCUT2D eigenvalue weighted by atomic mass is 16.5. The summed E-state index contributed by atoms with van der Waals surface area (Å²) < 4.78 is 4.76. The van der Waals surface area contributed by atoms with Crippen molar-refractivity contribution in [3.8, 4) is 0 Å². The number of carbonyl (C=O) groups is 3. The van der Waals surface area contributed by atoms with Crippen LogP contribution in [0.4, 0.5) is 4.79 Å². The highest BCUT2D eigenvalue weighted by molar-refractivity contribution is 5.95. The zero-order valence-electron chi connectivity index (χ0n) is 11.6. The van der Waals surface area contributed by atoms with E-state index in [0.29, 0.717) is 25.6 Å². The molecule has 1 saturated carbocycles. The first-order valence-corrected chi connectivity index (χ1v) is 6.52. The van der Waals surface area contributed by atoms with E-state index >= 15 is 0 Å². The second-order valence-corrected chi connectivity index (χ2v) is 4.80. The van der Waals surface area contributed by atoms with Gasteiger partial charge < -0.3 is 15.2 Å². The summed E-state index contributed by atoms with van der Waals surface area (Å²) in [5, 5.41) is 13.4. The van der Waals surface area contributed by atoms with Gasteiger partial charge in [0, 0.05) is 20.2 Å². The summed E-state index contributed by atoms with van der Waals surface area (Å²) >= 11 is 0. The number of nitrogens with zero attached hydrogens (tertiary/aromatic N) is 1. The Morgan fingerprint density at radius 3 is 2.55 bits per heavy atom. The van der Waals surface area contributed by atoms with Gasteiger partial charge in [0.15, 0.2) is 0 Å². The molecule has 0 saturated heterocycles. The maximum absolute atomic E-state index is 11.6. The lowest BCUT2D eigenvalue weighted by Crippen LogP contribution is -2.46. The molecule has 0 atom stereocenters. The lowest BCUT2D eigenvalue weighted by atomic mass is 10.3. The molecule has 114 valence electrons. The summed E-state index contributed by atoms with van der Waals surface area (Å²) in [6.07, 6.45) is 2.13. The van der Waals surface area contributed by atoms with E-state index in [1.54, 1.807) is 0 Å². The maximum Gasteiger partial charge on any atom is 0.321 e. The number of ether oxygens (including phenoxy) is 1. The van der Waals surface area contributed by atoms with E-state index in [2.05, 4.69) is 10.6 Å². The van der Waals surface area contributed by atoms with E-state index in [1.807, 2.05) is 0 Å². The minimum Gasteiger partial charge on any atom is -0.480 e. The van der Waals surface area contributed by atoms with Crippen LogP contribution >= 0.6 is 0 Å². The number of carboxylic acids is 1. The van der Waals surface area contributed by atoms with Gasteiger partial charge in [0.25, 0.3) is 0 Å². The first-order chi connectivity index (χ1) is 9.51. The number of methoxy groups -OCH3 is 1. The molecule has 0 radical (unpaired) electrons. The highest BCUT2D eigenvalue weighted by Crippen LogP contribution is 2.29. The molecule has 0 aliphatic heterocycles. The van der Waals surface area contributed by atoms with Crippen molar-refractivity contribution in [3.63, 3.8) is 0 Å². The van der Waals surface area contributed by atoms with Crippen molar-refractivity contribution >= 4 is 17.9 Å². The molecule has 0 unspecified atom stereocenters. The van der Waals surface area contributed by atoms with E-state index in [0.717, 1.165) is 12.8 Å². The van der Waals surface area contributed by atoms with E-state index in [9.17, 15) is 14.4 Å². The molecule has 0 spiro atoms. The van der Waals surface area contributed by atoms with E-state index in [4.69, 9.17) is 9.84 Å². The predicted molar refractivity (Wildman–Crippen MR) is 70.2 cm³/mol. The number of carboxylic acid groups (broad SMARTS) is 1. The van der Waals surface area contributed by atoms with Gasteiger partial charge in [-0.2, -0.15) is 0 Å². The van der Waals surface area contributed by atoms with Crippen LogP contribution in [0.15, 0.2) is 0 Å². The molecule has 20 heavy (non-hydrogen) atoms. The van der Waals surface area contributed by atoms with Gasteiger partial charge in [-0.1, -0.05) is 0 Å². The van der Waals surface area contributed by atoms with Gasteiger partial charge in [0.2, 0.25) is 5.91 Å². The number of hydrogen-bond donors (Lipinski definition) is 3. The second-order valence-electron chi connectivity index (χ2n) is 4.80. The van der Waals surface area contributed by atoms with Gasteiger partial charge in [-0.15, -0.1) is 0 Å². The van der Waals surface area contributed by atoms with Crippen molar-refractivity contribution in [1.82, 2.24) is 15.5 Å². The summed E-state index contributed by atoms with van der Waals surface area (Å²) in [7, 11) is 1.51. The van der Waals surface area contributed by atoms with Crippen LogP contribution in [0.25, 0.3) is 0 Å². The van der Waals surface area contributed by atoms with Gasteiger partial charge in [-0.3, -0.25) is 19.8 Å². The zero-order valence-corrected chi connectivity index (χ0v) is 11.6. The summed E-state index contributed by atoms with van der Waals surface area (Å²) in [4.78, 5) is 35.2. The van der Waals surface area contributed by atoms with Gasteiger partial charge in [0.1, 0.15) is 0 Å². The maximum atomic E-state index is 11.6. The minimum atomic E-state index is -0.983. The third-order valence-electron chi connectivity index (χ3n) is 2.78. The van der Waals surface area contributed by atoms with E-state index in [-0.39, 0.29) is 13.1 Å². The fourth-order valence-corrected chi connectivity index (χ4v) is 1.72. The zero-order chi connectivity index (χ0) is 15.0. The first-order valence-electron chi connectivity index (χ1n) is 6.52. The third-order valence-corrected chi connectivity index (χ3v) is 2.78. The van der Waals surface area contributed by atoms with E-state index < -0.39 is 17.9 Å². The molecule has 8 heteroatoms. The molecule has 0 heterocycles. The second kappa shape index (κ2) is 8.49. The van der Waals surface area contributed by atoms with Gasteiger partial charge in [-0.25, -0.2) is 4.79 Å². The molecular formula is C12H21N3O5. The van der Waals surface area contributed by atoms with Crippen molar-refractivity contribution in [2.24, 2.45) is 5.92 Å². The van der Waals surface area contributed by atoms with Crippen LogP contribution in [0.1, 0.15) is 12.8 Å². The van der Waals surface area contributed by atoms with Crippen molar-refractivity contribution in [2.75, 3.05) is 39.9 Å². The van der Waals surface area contributed by atoms with Crippen molar-refractivity contribution in [3.05, 3.63) is 0 Å². The molecule has 8 nitrogen and oxygen atoms in total. The summed E-state index contributed by atoms with van der Waals surface area (Å²) in [6.45, 7) is 0.936. The number of carbonyl (C=O) groups excluding carboxylic acids is 2. The lowest BCUT2D eigenvalue weighted by Gasteiger charge is -2.19. The Balaban J connectivity index is 2.28. The molecule has 0 bridgehead atoms. The van der Waals surface area contributed by atoms with Crippen LogP contribution in [0.5, 0.6) is 0 Å². The number of rotatable bonds is 9. The Labute approximate surface area is 117 Å². The highest BCUT2D eigenvalue weighted by Gasteiger charge is 2.26. The van der Waals surface area contributed by atoms with Crippen LogP contribution in [-0.2, 0) is 14.3 Å². The molecule has 1 rings (SSSR count). The standard InChI is InChI=1S/C12H21N3O5/c1-20-5-4-13-12(19)14-10(16)7-15(8-11(17)18)6-9-2-3-9/h9H,2-8H2,1H3,(H,17,18)(H2,13,14,16,19). The molecule has 0 aromatic carbocycles. The first kappa shape index (κ1) is 16.4. The average Bonchev–Trinajstić information content (AvgIpc) is 3.11. The van der Waals surface area contributed by atoms with Crippen LogP contribution < -0.4 is 10.6 Å². The number of aliphatic carboxylic acids is 1. The van der Waals surface area contributed by atoms with Crippen LogP contribution in [0, 0.1) is 5.92 Å². The smallest absolute Gasteiger partial charge is 0.321 e. The number of amides is 3. The van der Waals surface area contributed by atoms with Crippen molar-refractivity contribution in [2.45, 2.75) is 12.8 Å². The molecule has 3 N–H and O–H groups in total. The Morgan fingerprint density at radius 2 is 2.00 bits per heavy atom. The van der Waals surface area contributed by atoms with Gasteiger partial charge >= 0.3 is 12.0 Å². The number of urea groups is 1. The summed E-state index contributed by atoms with van der Waals surface area (Å²) in [5.41, 5.74) is 0. The average molecular weight is 287 g/mol. The monoisotopic (exact) mass is 287 g/mol. The number of imide groups is 1. The van der Waals surface area contributed by atoms with Gasteiger partial charge in [-0.05, 0) is 18.8 Å². The molecule has 1 fully saturated rings. The van der Waals surface area contributed by atoms with Crippen molar-refractivity contribution in [1.29, 1.82) is 0 Å². The lowest BCUT2D eigenvalue weighted by molar-refractivity contribution is -0.138. The fraction of sp³-hybridized carbons (Fsp3) is 0.750. The van der Waals surface area contributed by atoms with Crippen LogP contribution in [0.2, 0.25) is 0 Å². The Kier molecular flexibility index (Phi) is 6.96. The SMILES string of the molecule is COCCNC(=O)NC(=O)CN(CC(=O)O)CC1CC1. The Morgan fingerprint density at radius 1 is 1.30 bits per heavy atom. The normalized spacial score (nSPS) is 14.1. The number of nitrogens with one attached hydrogen (secondary N) is 2. The molecule has 1 aliphatic carbocycles. The molecule has 0 aromatic heterocycles. The molecule has 3 amide bonds. The van der Waals surface area contributed by atoms with Crippen LogP contribution in [0.3, 0.4) is 0 Å². The topological polar surface area (TPSA) is 108 Å². The van der Waals surface area contributed by atoms with Gasteiger partial charge in [0.05, 0.1) is 19.7 Å². The summed E-state index contributed by atoms with van der Waals surface area (Å²) in [6, 6.07) is -0.603. The number of hydrogen-bond acceptors (Lipinski definition) is 5. The third kappa shape index (κ3) is 7.70. The Hall–Kier alpha value is -1.67. The summed E-state index contributed by atoms with van der Waals surface area (Å²) in [5.74, 6) is -1.03. The quantitative estimate of drug-likeness (QED) is 0.482. The fourth-order valence-electron chi connectivity index (χ4n) is 1.72. The largest absolute Gasteiger partial charge is 0.480 e. The minimum absolute atomic E-state index is 0.0967. The molecular weight excluding hydrogens is 266 g/mol. The van der Waals surface area contributed by atoms with E-state index in [1.165, 1.54) is 12.0 Å². The predicted octanol–water partition coefficient (Wildman–Crippen LogP) is -0.745. The van der Waals surface area contributed by atoms with Crippen LogP contribution in [-0.4, -0.2) is 67.8 Å². The molecule has 0 aromatic rings. The van der Waals surface area contributed by atoms with Crippen molar-refractivity contribution < 1.29 is 24.2 Å².